The molecule has 3 aromatic carbocycles. The van der Waals surface area contributed by atoms with Crippen LogP contribution in [-0.4, -0.2) is 15.5 Å². The first-order valence-electron chi connectivity index (χ1n) is 8.06. The average molecular weight is 344 g/mol. The second-order valence-corrected chi connectivity index (χ2v) is 6.84. The van der Waals surface area contributed by atoms with Gasteiger partial charge >= 0.3 is 0 Å². The molecule has 1 atom stereocenters. The fourth-order valence-corrected chi connectivity index (χ4v) is 3.88. The molecule has 0 aliphatic heterocycles. The molecule has 1 aromatic heterocycles. The molecule has 0 bridgehead atoms. The van der Waals surface area contributed by atoms with Gasteiger partial charge in [-0.25, -0.2) is 4.98 Å². The summed E-state index contributed by atoms with van der Waals surface area (Å²) in [7, 11) is 0. The number of thioether (sulfide) groups is 1. The molecule has 0 unspecified atom stereocenters. The van der Waals surface area contributed by atoms with E-state index in [1.807, 2.05) is 84.9 Å². The van der Waals surface area contributed by atoms with E-state index in [0.717, 1.165) is 21.5 Å². The number of para-hydroxylation sites is 2. The van der Waals surface area contributed by atoms with E-state index in [2.05, 4.69) is 4.98 Å². The highest BCUT2D eigenvalue weighted by atomic mass is 32.2. The molecule has 0 N–H and O–H groups in total. The van der Waals surface area contributed by atoms with Crippen LogP contribution in [0.25, 0.3) is 11.0 Å². The lowest BCUT2D eigenvalue weighted by molar-refractivity contribution is 0.0915. The third-order valence-corrected chi connectivity index (χ3v) is 5.27. The minimum absolute atomic E-state index is 0.00810. The molecular weight excluding hydrogens is 328 g/mol. The highest BCUT2D eigenvalue weighted by Gasteiger charge is 2.24. The number of rotatable bonds is 4. The van der Waals surface area contributed by atoms with Gasteiger partial charge in [-0.2, -0.15) is 0 Å². The lowest BCUT2D eigenvalue weighted by atomic mass is 10.1. The molecule has 0 fully saturated rings. The van der Waals surface area contributed by atoms with Crippen molar-refractivity contribution in [3.8, 4) is 0 Å². The summed E-state index contributed by atoms with van der Waals surface area (Å²) in [6.45, 7) is 0. The van der Waals surface area contributed by atoms with Crippen molar-refractivity contribution in [3.63, 3.8) is 0 Å². The van der Waals surface area contributed by atoms with Gasteiger partial charge in [0.1, 0.15) is 11.6 Å². The Balaban J connectivity index is 1.76. The second kappa shape index (κ2) is 6.95. The molecule has 3 nitrogen and oxygen atoms in total. The lowest BCUT2D eigenvalue weighted by Gasteiger charge is -2.17. The molecule has 0 saturated heterocycles. The minimum Gasteiger partial charge on any atom is -0.272 e. The summed E-state index contributed by atoms with van der Waals surface area (Å²) in [5.74, 6) is 0.00810. The molecule has 122 valence electrons. The Morgan fingerprint density at radius 3 is 2.24 bits per heavy atom. The van der Waals surface area contributed by atoms with E-state index in [4.69, 9.17) is 0 Å². The molecule has 0 aliphatic carbocycles. The lowest BCUT2D eigenvalue weighted by Crippen LogP contribution is -2.17. The zero-order valence-corrected chi connectivity index (χ0v) is 14.3. The summed E-state index contributed by atoms with van der Waals surface area (Å²) < 4.78 is 1.66. The smallest absolute Gasteiger partial charge is 0.250 e. The normalized spacial score (nSPS) is 12.2. The van der Waals surface area contributed by atoms with Crippen molar-refractivity contribution < 1.29 is 4.79 Å². The van der Waals surface area contributed by atoms with E-state index in [0.29, 0.717) is 0 Å². The Labute approximate surface area is 150 Å². The van der Waals surface area contributed by atoms with Gasteiger partial charge in [-0.05, 0) is 29.8 Å². The number of nitrogens with zero attached hydrogens (tertiary/aromatic N) is 2. The van der Waals surface area contributed by atoms with E-state index in [9.17, 15) is 4.79 Å². The second-order valence-electron chi connectivity index (χ2n) is 5.66. The SMILES string of the molecule is O=C([C@H](Sc1ccccc1)c1ccccc1)n1cnc2ccccc21. The van der Waals surface area contributed by atoms with Crippen molar-refractivity contribution in [2.75, 3.05) is 0 Å². The molecule has 0 amide bonds. The summed E-state index contributed by atoms with van der Waals surface area (Å²) in [6, 6.07) is 27.6. The fourth-order valence-electron chi connectivity index (χ4n) is 2.79. The van der Waals surface area contributed by atoms with E-state index in [-0.39, 0.29) is 11.2 Å². The first kappa shape index (κ1) is 15.7. The Morgan fingerprint density at radius 2 is 1.48 bits per heavy atom. The molecule has 4 rings (SSSR count). The van der Waals surface area contributed by atoms with Crippen LogP contribution in [0.2, 0.25) is 0 Å². The first-order chi connectivity index (χ1) is 12.3. The minimum atomic E-state index is -0.332. The predicted octanol–water partition coefficient (Wildman–Crippen LogP) is 5.21. The molecule has 0 aliphatic rings. The number of hydrogen-bond donors (Lipinski definition) is 0. The van der Waals surface area contributed by atoms with Gasteiger partial charge in [-0.1, -0.05) is 60.7 Å². The van der Waals surface area contributed by atoms with Crippen LogP contribution >= 0.6 is 11.8 Å². The van der Waals surface area contributed by atoms with Crippen molar-refractivity contribution in [3.05, 3.63) is 96.8 Å². The Bertz CT molecular complexity index is 996. The van der Waals surface area contributed by atoms with E-state index >= 15 is 0 Å². The monoisotopic (exact) mass is 344 g/mol. The van der Waals surface area contributed by atoms with Gasteiger partial charge in [0.15, 0.2) is 0 Å². The van der Waals surface area contributed by atoms with Gasteiger partial charge in [-0.15, -0.1) is 11.8 Å². The number of aromatic nitrogens is 2. The fraction of sp³-hybridized carbons (Fsp3) is 0.0476. The van der Waals surface area contributed by atoms with Crippen LogP contribution in [0.5, 0.6) is 0 Å². The van der Waals surface area contributed by atoms with Crippen LogP contribution in [0.4, 0.5) is 0 Å². The van der Waals surface area contributed by atoms with Crippen molar-refractivity contribution in [1.82, 2.24) is 9.55 Å². The van der Waals surface area contributed by atoms with Crippen molar-refractivity contribution in [2.45, 2.75) is 10.1 Å². The molecule has 0 spiro atoms. The zero-order valence-electron chi connectivity index (χ0n) is 13.4. The highest BCUT2D eigenvalue weighted by Crippen LogP contribution is 2.36. The van der Waals surface area contributed by atoms with Crippen LogP contribution in [0.15, 0.2) is 96.2 Å². The summed E-state index contributed by atoms with van der Waals surface area (Å²) in [4.78, 5) is 18.7. The largest absolute Gasteiger partial charge is 0.272 e. The van der Waals surface area contributed by atoms with E-state index in [1.165, 1.54) is 0 Å². The highest BCUT2D eigenvalue weighted by molar-refractivity contribution is 8.00. The van der Waals surface area contributed by atoms with E-state index in [1.54, 1.807) is 22.7 Å². The number of carbonyl (C=O) groups is 1. The third kappa shape index (κ3) is 3.21. The van der Waals surface area contributed by atoms with Crippen LogP contribution in [-0.2, 0) is 0 Å². The molecule has 4 heteroatoms. The van der Waals surface area contributed by atoms with Gasteiger partial charge < -0.3 is 0 Å². The van der Waals surface area contributed by atoms with Crippen molar-refractivity contribution in [2.24, 2.45) is 0 Å². The van der Waals surface area contributed by atoms with Crippen molar-refractivity contribution in [1.29, 1.82) is 0 Å². The van der Waals surface area contributed by atoms with Crippen LogP contribution in [0.3, 0.4) is 0 Å². The maximum absolute atomic E-state index is 13.3. The van der Waals surface area contributed by atoms with Gasteiger partial charge in [0.25, 0.3) is 0 Å². The maximum Gasteiger partial charge on any atom is 0.250 e. The topological polar surface area (TPSA) is 34.9 Å². The Morgan fingerprint density at radius 1 is 0.840 bits per heavy atom. The standard InChI is InChI=1S/C21H16N2OS/c24-21(23-15-22-18-13-7-8-14-19(18)23)20(16-9-3-1-4-10-16)25-17-11-5-2-6-12-17/h1-15,20H/t20-/m1/s1. The molecule has 1 heterocycles. The van der Waals surface area contributed by atoms with Gasteiger partial charge in [0.2, 0.25) is 5.91 Å². The van der Waals surface area contributed by atoms with Gasteiger partial charge in [-0.3, -0.25) is 9.36 Å². The number of hydrogen-bond acceptors (Lipinski definition) is 3. The van der Waals surface area contributed by atoms with Crippen LogP contribution in [0, 0.1) is 0 Å². The first-order valence-corrected chi connectivity index (χ1v) is 8.94. The zero-order chi connectivity index (χ0) is 17.1. The predicted molar refractivity (Wildman–Crippen MR) is 102 cm³/mol. The number of carbonyl (C=O) groups excluding carboxylic acids is 1. The molecule has 0 radical (unpaired) electrons. The van der Waals surface area contributed by atoms with E-state index < -0.39 is 0 Å². The van der Waals surface area contributed by atoms with Crippen molar-refractivity contribution >= 4 is 28.7 Å². The number of fused-ring (bicyclic) bond motifs is 1. The third-order valence-electron chi connectivity index (χ3n) is 4.01. The summed E-state index contributed by atoms with van der Waals surface area (Å²) in [5, 5.41) is -0.332. The number of imidazole rings is 1. The Hall–Kier alpha value is -2.85. The van der Waals surface area contributed by atoms with Crippen LogP contribution < -0.4 is 0 Å². The molecule has 0 saturated carbocycles. The molecule has 4 aromatic rings. The summed E-state index contributed by atoms with van der Waals surface area (Å²) in [5.41, 5.74) is 2.65. The Kier molecular flexibility index (Phi) is 4.36. The summed E-state index contributed by atoms with van der Waals surface area (Å²) >= 11 is 1.56. The van der Waals surface area contributed by atoms with Gasteiger partial charge in [0, 0.05) is 4.90 Å². The van der Waals surface area contributed by atoms with Crippen LogP contribution in [0.1, 0.15) is 15.6 Å². The summed E-state index contributed by atoms with van der Waals surface area (Å²) in [6.07, 6.45) is 1.62. The van der Waals surface area contributed by atoms with Gasteiger partial charge in [0.05, 0.1) is 11.0 Å². The molecule has 25 heavy (non-hydrogen) atoms. The molecular formula is C21H16N2OS. The average Bonchev–Trinajstić information content (AvgIpc) is 3.11. The quantitative estimate of drug-likeness (QED) is 0.477. The maximum atomic E-state index is 13.3. The number of benzene rings is 3.